The van der Waals surface area contributed by atoms with E-state index in [1.165, 1.54) is 4.57 Å². The van der Waals surface area contributed by atoms with Crippen LogP contribution in [0.15, 0.2) is 47.4 Å². The number of amides is 2. The number of carbonyl (C=O) groups excluding carboxylic acids is 2. The van der Waals surface area contributed by atoms with E-state index in [-0.39, 0.29) is 29.1 Å². The van der Waals surface area contributed by atoms with E-state index in [1.54, 1.807) is 34.3 Å². The van der Waals surface area contributed by atoms with Gasteiger partial charge in [0.25, 0.3) is 0 Å². The average Bonchev–Trinajstić information content (AvgIpc) is 3.12. The van der Waals surface area contributed by atoms with Crippen LogP contribution in [0.1, 0.15) is 18.5 Å². The van der Waals surface area contributed by atoms with E-state index in [2.05, 4.69) is 10.4 Å². The van der Waals surface area contributed by atoms with Crippen LogP contribution in [-0.4, -0.2) is 58.0 Å². The van der Waals surface area contributed by atoms with E-state index in [9.17, 15) is 14.4 Å². The van der Waals surface area contributed by atoms with E-state index in [4.69, 9.17) is 11.6 Å². The van der Waals surface area contributed by atoms with Crippen LogP contribution in [0.25, 0.3) is 10.2 Å². The molecule has 174 valence electrons. The molecule has 1 aliphatic rings. The second kappa shape index (κ2) is 10.5. The van der Waals surface area contributed by atoms with Crippen molar-refractivity contribution in [3.8, 4) is 0 Å². The van der Waals surface area contributed by atoms with Crippen LogP contribution >= 0.6 is 22.9 Å². The summed E-state index contributed by atoms with van der Waals surface area (Å²) in [5, 5.41) is 2.31. The zero-order valence-electron chi connectivity index (χ0n) is 18.4. The number of hydrogen-bond acceptors (Lipinski definition) is 6. The fraction of sp³-hybridized carbons (Fsp3) is 0.391. The third kappa shape index (κ3) is 5.79. The molecule has 1 N–H and O–H groups in total. The Morgan fingerprint density at radius 1 is 1.24 bits per heavy atom. The van der Waals surface area contributed by atoms with E-state index >= 15 is 0 Å². The molecule has 8 nitrogen and oxygen atoms in total. The highest BCUT2D eigenvalue weighted by Crippen LogP contribution is 2.22. The lowest BCUT2D eigenvalue weighted by molar-refractivity contribution is -0.137. The molecule has 0 saturated carbocycles. The van der Waals surface area contributed by atoms with Crippen LogP contribution in [0, 0.1) is 5.92 Å². The van der Waals surface area contributed by atoms with Gasteiger partial charge in [-0.1, -0.05) is 29.0 Å². The second-order valence-electron chi connectivity index (χ2n) is 8.19. The van der Waals surface area contributed by atoms with Gasteiger partial charge in [0, 0.05) is 55.9 Å². The zero-order chi connectivity index (χ0) is 23.4. The number of fused-ring (bicyclic) bond motifs is 1. The molecule has 0 radical (unpaired) electrons. The molecule has 2 aromatic heterocycles. The Morgan fingerprint density at radius 3 is 2.76 bits per heavy atom. The molecule has 10 heteroatoms. The van der Waals surface area contributed by atoms with Gasteiger partial charge in [-0.15, -0.1) is 0 Å². The van der Waals surface area contributed by atoms with Gasteiger partial charge < -0.3 is 4.90 Å². The lowest BCUT2D eigenvalue weighted by atomic mass is 9.96. The molecule has 3 aromatic rings. The molecule has 1 fully saturated rings. The molecule has 0 spiro atoms. The quantitative estimate of drug-likeness (QED) is 0.517. The molecule has 1 aliphatic heterocycles. The molecule has 1 aromatic carbocycles. The highest BCUT2D eigenvalue weighted by molar-refractivity contribution is 7.16. The number of thiazole rings is 1. The minimum atomic E-state index is -0.177. The molecular formula is C23H26ClN5O3S. The predicted molar refractivity (Wildman–Crippen MR) is 129 cm³/mol. The summed E-state index contributed by atoms with van der Waals surface area (Å²) < 4.78 is 2.28. The lowest BCUT2D eigenvalue weighted by Gasteiger charge is -2.32. The number of halogens is 1. The number of likely N-dealkylation sites (N-methyl/N-ethyl adjacent to an activating group) is 1. The fourth-order valence-electron chi connectivity index (χ4n) is 3.97. The van der Waals surface area contributed by atoms with Crippen molar-refractivity contribution < 1.29 is 9.59 Å². The molecule has 0 bridgehead atoms. The summed E-state index contributed by atoms with van der Waals surface area (Å²) in [5.41, 5.74) is 4.59. The molecule has 4 rings (SSSR count). The maximum atomic E-state index is 12.8. The number of carbonyl (C=O) groups is 2. The maximum absolute atomic E-state index is 12.8. The fourth-order valence-corrected chi connectivity index (χ4v) is 5.01. The predicted octanol–water partition coefficient (Wildman–Crippen LogP) is 2.56. The Hall–Kier alpha value is -2.75. The molecule has 0 unspecified atom stereocenters. The number of rotatable bonds is 7. The minimum Gasteiger partial charge on any atom is -0.341 e. The number of hydrazine groups is 1. The first kappa shape index (κ1) is 23.4. The van der Waals surface area contributed by atoms with Gasteiger partial charge in [0.2, 0.25) is 11.8 Å². The first-order chi connectivity index (χ1) is 15.9. The van der Waals surface area contributed by atoms with Gasteiger partial charge in [0.1, 0.15) is 6.54 Å². The molecule has 1 saturated heterocycles. The molecular weight excluding hydrogens is 462 g/mol. The summed E-state index contributed by atoms with van der Waals surface area (Å²) >= 11 is 7.17. The third-order valence-electron chi connectivity index (χ3n) is 5.87. The third-order valence-corrected chi connectivity index (χ3v) is 7.07. The standard InChI is InChI=1S/C23H26ClN5O3S/c1-27(11-9-18-4-2-3-10-25-18)26-22(31)16-7-12-28(13-8-16)21(30)15-29-19-14-17(24)5-6-20(19)33-23(29)32/h2-6,10,14,16H,7-9,11-13,15H2,1H3,(H,26,31). The summed E-state index contributed by atoms with van der Waals surface area (Å²) in [6.45, 7) is 1.62. The summed E-state index contributed by atoms with van der Waals surface area (Å²) in [6.07, 6.45) is 3.69. The number of pyridine rings is 1. The van der Waals surface area contributed by atoms with Crippen molar-refractivity contribution in [2.45, 2.75) is 25.8 Å². The van der Waals surface area contributed by atoms with E-state index in [0.717, 1.165) is 28.2 Å². The van der Waals surface area contributed by atoms with Crippen molar-refractivity contribution in [3.63, 3.8) is 0 Å². The molecule has 3 heterocycles. The van der Waals surface area contributed by atoms with E-state index in [0.29, 0.717) is 43.0 Å². The summed E-state index contributed by atoms with van der Waals surface area (Å²) in [5.74, 6) is -0.293. The Balaban J connectivity index is 1.26. The van der Waals surface area contributed by atoms with Crippen molar-refractivity contribution in [1.29, 1.82) is 0 Å². The van der Waals surface area contributed by atoms with Crippen molar-refractivity contribution in [2.75, 3.05) is 26.7 Å². The summed E-state index contributed by atoms with van der Waals surface area (Å²) in [4.78, 5) is 43.7. The van der Waals surface area contributed by atoms with Gasteiger partial charge in [0.15, 0.2) is 0 Å². The van der Waals surface area contributed by atoms with Gasteiger partial charge in [0.05, 0.1) is 10.2 Å². The lowest BCUT2D eigenvalue weighted by Crippen LogP contribution is -2.48. The SMILES string of the molecule is CN(CCc1ccccn1)NC(=O)C1CCN(C(=O)Cn2c(=O)sc3ccc(Cl)cc32)CC1. The Morgan fingerprint density at radius 2 is 2.03 bits per heavy atom. The normalized spacial score (nSPS) is 14.7. The number of piperidine rings is 1. The van der Waals surface area contributed by atoms with Crippen LogP contribution in [0.4, 0.5) is 0 Å². The number of nitrogens with one attached hydrogen (secondary N) is 1. The van der Waals surface area contributed by atoms with Gasteiger partial charge >= 0.3 is 4.87 Å². The van der Waals surface area contributed by atoms with Gasteiger partial charge in [-0.3, -0.25) is 29.4 Å². The average molecular weight is 488 g/mol. The monoisotopic (exact) mass is 487 g/mol. The minimum absolute atomic E-state index is 0.0215. The number of nitrogens with zero attached hydrogens (tertiary/aromatic N) is 4. The maximum Gasteiger partial charge on any atom is 0.308 e. The summed E-state index contributed by atoms with van der Waals surface area (Å²) in [7, 11) is 1.84. The number of likely N-dealkylation sites (tertiary alicyclic amines) is 1. The van der Waals surface area contributed by atoms with Gasteiger partial charge in [-0.05, 0) is 43.2 Å². The largest absolute Gasteiger partial charge is 0.341 e. The van der Waals surface area contributed by atoms with Crippen LogP contribution < -0.4 is 10.3 Å². The van der Waals surface area contributed by atoms with Crippen molar-refractivity contribution in [3.05, 3.63) is 63.0 Å². The van der Waals surface area contributed by atoms with Crippen LogP contribution in [0.3, 0.4) is 0 Å². The molecule has 0 aliphatic carbocycles. The smallest absolute Gasteiger partial charge is 0.308 e. The first-order valence-electron chi connectivity index (χ1n) is 10.9. The number of hydrogen-bond donors (Lipinski definition) is 1. The second-order valence-corrected chi connectivity index (χ2v) is 9.62. The first-order valence-corrected chi connectivity index (χ1v) is 12.1. The van der Waals surface area contributed by atoms with Crippen LogP contribution in [0.2, 0.25) is 5.02 Å². The zero-order valence-corrected chi connectivity index (χ0v) is 19.9. The Labute approximate surface area is 200 Å². The molecule has 2 amide bonds. The number of aromatic nitrogens is 2. The highest BCUT2D eigenvalue weighted by Gasteiger charge is 2.28. The van der Waals surface area contributed by atoms with Crippen LogP contribution in [-0.2, 0) is 22.6 Å². The Bertz CT molecular complexity index is 1190. The number of benzene rings is 1. The topological polar surface area (TPSA) is 87.5 Å². The summed E-state index contributed by atoms with van der Waals surface area (Å²) in [6, 6.07) is 11.0. The van der Waals surface area contributed by atoms with Gasteiger partial charge in [-0.25, -0.2) is 5.01 Å². The highest BCUT2D eigenvalue weighted by atomic mass is 35.5. The van der Waals surface area contributed by atoms with Crippen molar-refractivity contribution in [2.24, 2.45) is 5.92 Å². The van der Waals surface area contributed by atoms with E-state index < -0.39 is 0 Å². The van der Waals surface area contributed by atoms with Crippen molar-refractivity contribution >= 4 is 45.0 Å². The Kier molecular flexibility index (Phi) is 7.42. The van der Waals surface area contributed by atoms with E-state index in [1.807, 2.05) is 25.2 Å². The molecule has 0 atom stereocenters. The van der Waals surface area contributed by atoms with Crippen LogP contribution in [0.5, 0.6) is 0 Å². The van der Waals surface area contributed by atoms with Gasteiger partial charge in [-0.2, -0.15) is 0 Å². The van der Waals surface area contributed by atoms with Crippen molar-refractivity contribution in [1.82, 2.24) is 24.9 Å². The molecule has 33 heavy (non-hydrogen) atoms.